The number of hydrogen-bond donors (Lipinski definition) is 1. The summed E-state index contributed by atoms with van der Waals surface area (Å²) < 4.78 is 0. The minimum atomic E-state index is 1.08. The predicted molar refractivity (Wildman–Crippen MR) is 59.7 cm³/mol. The van der Waals surface area contributed by atoms with Gasteiger partial charge in [-0.25, -0.2) is 4.98 Å². The minimum Gasteiger partial charge on any atom is -0.314 e. The minimum absolute atomic E-state index is 1.08. The fourth-order valence-electron chi connectivity index (χ4n) is 1.79. The van der Waals surface area contributed by atoms with Crippen molar-refractivity contribution in [3.05, 3.63) is 15.6 Å². The maximum absolute atomic E-state index is 4.45. The van der Waals surface area contributed by atoms with Crippen molar-refractivity contribution in [3.63, 3.8) is 0 Å². The second-order valence-electron chi connectivity index (χ2n) is 3.77. The van der Waals surface area contributed by atoms with Crippen molar-refractivity contribution < 1.29 is 0 Å². The van der Waals surface area contributed by atoms with E-state index in [1.165, 1.54) is 15.6 Å². The van der Waals surface area contributed by atoms with Crippen LogP contribution in [0, 0.1) is 13.8 Å². The van der Waals surface area contributed by atoms with E-state index in [9.17, 15) is 0 Å². The molecule has 0 aromatic carbocycles. The number of aromatic nitrogens is 1. The molecule has 0 amide bonds. The second-order valence-corrected chi connectivity index (χ2v) is 5.06. The highest BCUT2D eigenvalue weighted by molar-refractivity contribution is 7.11. The smallest absolute Gasteiger partial charge is 0.0900 e. The third-order valence-electron chi connectivity index (χ3n) is 2.58. The number of nitrogens with zero attached hydrogens (tertiary/aromatic N) is 2. The zero-order chi connectivity index (χ0) is 9.97. The quantitative estimate of drug-likeness (QED) is 0.796. The molecule has 1 aliphatic heterocycles. The molecule has 1 aromatic heterocycles. The fraction of sp³-hybridized carbons (Fsp3) is 0.700. The van der Waals surface area contributed by atoms with Crippen LogP contribution in [0.1, 0.15) is 15.6 Å². The Kier molecular flexibility index (Phi) is 3.15. The largest absolute Gasteiger partial charge is 0.314 e. The van der Waals surface area contributed by atoms with Gasteiger partial charge in [0, 0.05) is 37.6 Å². The van der Waals surface area contributed by atoms with Gasteiger partial charge in [0.05, 0.1) is 10.7 Å². The Hall–Kier alpha value is -0.450. The van der Waals surface area contributed by atoms with E-state index in [4.69, 9.17) is 0 Å². The van der Waals surface area contributed by atoms with Crippen LogP contribution in [0.25, 0.3) is 0 Å². The molecule has 4 heteroatoms. The van der Waals surface area contributed by atoms with Crippen molar-refractivity contribution in [2.45, 2.75) is 20.4 Å². The van der Waals surface area contributed by atoms with Gasteiger partial charge < -0.3 is 5.32 Å². The van der Waals surface area contributed by atoms with Gasteiger partial charge in [-0.3, -0.25) is 4.90 Å². The molecule has 0 saturated carbocycles. The van der Waals surface area contributed by atoms with Crippen LogP contribution >= 0.6 is 11.3 Å². The average Bonchev–Trinajstić information content (AvgIpc) is 2.47. The van der Waals surface area contributed by atoms with Gasteiger partial charge >= 0.3 is 0 Å². The molecule has 3 nitrogen and oxygen atoms in total. The topological polar surface area (TPSA) is 28.2 Å². The Morgan fingerprint density at radius 3 is 2.64 bits per heavy atom. The summed E-state index contributed by atoms with van der Waals surface area (Å²) in [6.07, 6.45) is 0. The number of nitrogens with one attached hydrogen (secondary N) is 1. The molecule has 1 aromatic rings. The lowest BCUT2D eigenvalue weighted by molar-refractivity contribution is 0.234. The van der Waals surface area contributed by atoms with Gasteiger partial charge in [0.25, 0.3) is 0 Å². The van der Waals surface area contributed by atoms with Crippen LogP contribution in [0.15, 0.2) is 0 Å². The van der Waals surface area contributed by atoms with Gasteiger partial charge in [-0.05, 0) is 13.8 Å². The average molecular weight is 211 g/mol. The summed E-state index contributed by atoms with van der Waals surface area (Å²) in [5, 5.41) is 4.55. The van der Waals surface area contributed by atoms with Crippen molar-refractivity contribution in [1.82, 2.24) is 15.2 Å². The maximum Gasteiger partial charge on any atom is 0.0900 e. The molecule has 0 bridgehead atoms. The number of piperazine rings is 1. The number of aryl methyl sites for hydroxylation is 2. The summed E-state index contributed by atoms with van der Waals surface area (Å²) in [5.41, 5.74) is 1.21. The molecule has 0 unspecified atom stereocenters. The van der Waals surface area contributed by atoms with E-state index in [0.717, 1.165) is 32.7 Å². The molecule has 1 fully saturated rings. The zero-order valence-corrected chi connectivity index (χ0v) is 9.65. The predicted octanol–water partition coefficient (Wildman–Crippen LogP) is 1.17. The van der Waals surface area contributed by atoms with Gasteiger partial charge in [0.1, 0.15) is 0 Å². The van der Waals surface area contributed by atoms with E-state index < -0.39 is 0 Å². The molecule has 1 N–H and O–H groups in total. The molecular formula is C10H17N3S. The second kappa shape index (κ2) is 4.38. The van der Waals surface area contributed by atoms with Gasteiger partial charge in [-0.2, -0.15) is 0 Å². The molecule has 2 rings (SSSR count). The first-order valence-corrected chi connectivity index (χ1v) is 5.93. The summed E-state index contributed by atoms with van der Waals surface area (Å²) >= 11 is 1.83. The first-order chi connectivity index (χ1) is 6.75. The Balaban J connectivity index is 1.98. The van der Waals surface area contributed by atoms with Crippen LogP contribution in [-0.4, -0.2) is 36.1 Å². The normalized spacial score (nSPS) is 18.7. The van der Waals surface area contributed by atoms with Crippen molar-refractivity contribution in [3.8, 4) is 0 Å². The monoisotopic (exact) mass is 211 g/mol. The van der Waals surface area contributed by atoms with Crippen molar-refractivity contribution in [2.24, 2.45) is 0 Å². The summed E-state index contributed by atoms with van der Waals surface area (Å²) in [6.45, 7) is 9.85. The summed E-state index contributed by atoms with van der Waals surface area (Å²) in [4.78, 5) is 8.38. The number of rotatable bonds is 2. The van der Waals surface area contributed by atoms with Gasteiger partial charge in [0.15, 0.2) is 0 Å². The van der Waals surface area contributed by atoms with Crippen molar-refractivity contribution in [1.29, 1.82) is 0 Å². The van der Waals surface area contributed by atoms with E-state index in [1.807, 2.05) is 11.3 Å². The van der Waals surface area contributed by atoms with E-state index in [0.29, 0.717) is 0 Å². The Morgan fingerprint density at radius 2 is 2.07 bits per heavy atom. The molecular weight excluding hydrogens is 194 g/mol. The molecule has 14 heavy (non-hydrogen) atoms. The number of thiazole rings is 1. The lowest BCUT2D eigenvalue weighted by Crippen LogP contribution is -2.42. The van der Waals surface area contributed by atoms with Gasteiger partial charge in [0.2, 0.25) is 0 Å². The standard InChI is InChI=1S/C10H17N3S/c1-8-10(14-9(2)12-8)7-13-5-3-11-4-6-13/h11H,3-7H2,1-2H3. The molecule has 0 aliphatic carbocycles. The molecule has 1 aliphatic rings. The highest BCUT2D eigenvalue weighted by Crippen LogP contribution is 2.19. The summed E-state index contributed by atoms with van der Waals surface area (Å²) in [5.74, 6) is 0. The lowest BCUT2D eigenvalue weighted by atomic mass is 10.3. The molecule has 0 spiro atoms. The molecule has 0 atom stereocenters. The van der Waals surface area contributed by atoms with E-state index in [1.54, 1.807) is 0 Å². The van der Waals surface area contributed by atoms with Crippen LogP contribution in [0.4, 0.5) is 0 Å². The van der Waals surface area contributed by atoms with Crippen molar-refractivity contribution in [2.75, 3.05) is 26.2 Å². The molecule has 78 valence electrons. The molecule has 2 heterocycles. The van der Waals surface area contributed by atoms with Crippen molar-refractivity contribution >= 4 is 11.3 Å². The highest BCUT2D eigenvalue weighted by atomic mass is 32.1. The van der Waals surface area contributed by atoms with E-state index >= 15 is 0 Å². The molecule has 0 radical (unpaired) electrons. The van der Waals surface area contributed by atoms with E-state index in [2.05, 4.69) is 29.0 Å². The van der Waals surface area contributed by atoms with Crippen LogP contribution in [-0.2, 0) is 6.54 Å². The summed E-state index contributed by atoms with van der Waals surface area (Å²) in [6, 6.07) is 0. The summed E-state index contributed by atoms with van der Waals surface area (Å²) in [7, 11) is 0. The lowest BCUT2D eigenvalue weighted by Gasteiger charge is -2.26. The van der Waals surface area contributed by atoms with Gasteiger partial charge in [-0.15, -0.1) is 11.3 Å². The number of hydrogen-bond acceptors (Lipinski definition) is 4. The van der Waals surface area contributed by atoms with Crippen LogP contribution in [0.5, 0.6) is 0 Å². The Labute approximate surface area is 89.1 Å². The van der Waals surface area contributed by atoms with Gasteiger partial charge in [-0.1, -0.05) is 0 Å². The zero-order valence-electron chi connectivity index (χ0n) is 8.84. The van der Waals surface area contributed by atoms with Crippen LogP contribution in [0.2, 0.25) is 0 Å². The first-order valence-electron chi connectivity index (χ1n) is 5.11. The first kappa shape index (κ1) is 10.1. The van der Waals surface area contributed by atoms with Crippen LogP contribution in [0.3, 0.4) is 0 Å². The Bertz CT molecular complexity index is 302. The third kappa shape index (κ3) is 2.32. The van der Waals surface area contributed by atoms with Crippen LogP contribution < -0.4 is 5.32 Å². The third-order valence-corrected chi connectivity index (χ3v) is 3.63. The fourth-order valence-corrected chi connectivity index (χ4v) is 2.77. The SMILES string of the molecule is Cc1nc(C)c(CN2CCNCC2)s1. The highest BCUT2D eigenvalue weighted by Gasteiger charge is 2.13. The molecule has 1 saturated heterocycles. The Morgan fingerprint density at radius 1 is 1.36 bits per heavy atom. The maximum atomic E-state index is 4.45. The van der Waals surface area contributed by atoms with E-state index in [-0.39, 0.29) is 0 Å².